The molecule has 1 unspecified atom stereocenters. The van der Waals surface area contributed by atoms with Crippen LogP contribution < -0.4 is 5.32 Å². The van der Waals surface area contributed by atoms with E-state index in [1.165, 1.54) is 0 Å². The molecule has 0 saturated carbocycles. The Morgan fingerprint density at radius 1 is 1.40 bits per heavy atom. The van der Waals surface area contributed by atoms with Crippen molar-refractivity contribution in [1.29, 1.82) is 0 Å². The highest BCUT2D eigenvalue weighted by Gasteiger charge is 2.17. The predicted molar refractivity (Wildman–Crippen MR) is 40.7 cm³/mol. The second kappa shape index (κ2) is 2.96. The molecule has 0 bridgehead atoms. The Bertz CT molecular complexity index is 169. The summed E-state index contributed by atoms with van der Waals surface area (Å²) in [7, 11) is 1.01. The van der Waals surface area contributed by atoms with Gasteiger partial charge in [0.05, 0.1) is 0 Å². The highest BCUT2D eigenvalue weighted by atomic mass is 28.1. The molecule has 1 aliphatic rings. The number of carbonyl (C=O) groups is 2. The summed E-state index contributed by atoms with van der Waals surface area (Å²) in [6.45, 7) is 0. The first-order valence-electron chi connectivity index (χ1n) is 3.51. The fourth-order valence-corrected chi connectivity index (χ4v) is 1.72. The number of nitrogens with one attached hydrogen (secondary N) is 1. The monoisotopic (exact) mass is 157 g/mol. The van der Waals surface area contributed by atoms with Gasteiger partial charge < -0.3 is 0 Å². The van der Waals surface area contributed by atoms with Gasteiger partial charge in [0.25, 0.3) is 0 Å². The highest BCUT2D eigenvalue weighted by Crippen LogP contribution is 2.15. The summed E-state index contributed by atoms with van der Waals surface area (Å²) in [5, 5.41) is 2.32. The first-order chi connectivity index (χ1) is 4.68. The van der Waals surface area contributed by atoms with Crippen molar-refractivity contribution in [2.24, 2.45) is 0 Å². The van der Waals surface area contributed by atoms with Gasteiger partial charge in [0.15, 0.2) is 0 Å². The molecule has 0 radical (unpaired) electrons. The van der Waals surface area contributed by atoms with E-state index in [1.807, 2.05) is 0 Å². The van der Waals surface area contributed by atoms with E-state index in [4.69, 9.17) is 0 Å². The van der Waals surface area contributed by atoms with Crippen LogP contribution >= 0.6 is 0 Å². The van der Waals surface area contributed by atoms with E-state index in [0.29, 0.717) is 18.4 Å². The smallest absolute Gasteiger partial charge is 0.226 e. The van der Waals surface area contributed by atoms with Gasteiger partial charge in [-0.05, 0) is 12.0 Å². The summed E-state index contributed by atoms with van der Waals surface area (Å²) in [4.78, 5) is 21.5. The van der Waals surface area contributed by atoms with Crippen molar-refractivity contribution in [1.82, 2.24) is 5.32 Å². The van der Waals surface area contributed by atoms with Crippen LogP contribution in [0.5, 0.6) is 0 Å². The minimum absolute atomic E-state index is 0.0949. The van der Waals surface area contributed by atoms with Gasteiger partial charge in [-0.3, -0.25) is 14.9 Å². The van der Waals surface area contributed by atoms with Gasteiger partial charge >= 0.3 is 0 Å². The SMILES string of the molecule is O=C1CCC([SiH3])CC(=O)N1. The van der Waals surface area contributed by atoms with Crippen molar-refractivity contribution in [3.05, 3.63) is 0 Å². The van der Waals surface area contributed by atoms with Gasteiger partial charge in [-0.25, -0.2) is 0 Å². The third kappa shape index (κ3) is 1.95. The lowest BCUT2D eigenvalue weighted by atomic mass is 10.2. The second-order valence-electron chi connectivity index (χ2n) is 2.82. The molecule has 1 fully saturated rings. The minimum Gasteiger partial charge on any atom is -0.296 e. The molecule has 56 valence electrons. The van der Waals surface area contributed by atoms with Gasteiger partial charge in [-0.2, -0.15) is 0 Å². The van der Waals surface area contributed by atoms with Crippen LogP contribution in [0.2, 0.25) is 5.54 Å². The number of hydrogen-bond acceptors (Lipinski definition) is 2. The van der Waals surface area contributed by atoms with E-state index in [0.717, 1.165) is 16.7 Å². The Labute approximate surface area is 62.6 Å². The first-order valence-corrected chi connectivity index (χ1v) is 4.66. The molecule has 2 amide bonds. The van der Waals surface area contributed by atoms with Crippen molar-refractivity contribution >= 4 is 22.1 Å². The van der Waals surface area contributed by atoms with Crippen LogP contribution in [-0.2, 0) is 9.59 Å². The highest BCUT2D eigenvalue weighted by molar-refractivity contribution is 6.14. The normalized spacial score (nSPS) is 27.8. The third-order valence-corrected chi connectivity index (χ3v) is 2.66. The van der Waals surface area contributed by atoms with E-state index in [2.05, 4.69) is 5.32 Å². The van der Waals surface area contributed by atoms with Gasteiger partial charge in [0, 0.05) is 23.1 Å². The second-order valence-corrected chi connectivity index (χ2v) is 4.45. The first kappa shape index (κ1) is 7.46. The molecule has 0 aromatic carbocycles. The lowest BCUT2D eigenvalue weighted by Crippen LogP contribution is -2.27. The molecule has 0 aromatic heterocycles. The van der Waals surface area contributed by atoms with Gasteiger partial charge in [0.1, 0.15) is 0 Å². The molecule has 1 rings (SSSR count). The zero-order valence-corrected chi connectivity index (χ0v) is 8.02. The van der Waals surface area contributed by atoms with E-state index < -0.39 is 0 Å². The number of carbonyl (C=O) groups excluding carboxylic acids is 2. The number of rotatable bonds is 0. The number of amides is 2. The molecule has 1 N–H and O–H groups in total. The Balaban J connectivity index is 2.54. The van der Waals surface area contributed by atoms with Crippen LogP contribution in [0.15, 0.2) is 0 Å². The summed E-state index contributed by atoms with van der Waals surface area (Å²) >= 11 is 0. The van der Waals surface area contributed by atoms with Crippen LogP contribution in [0.1, 0.15) is 19.3 Å². The standard InChI is InChI=1S/C6H11NO2Si/c8-5-2-1-4(10)3-6(9)7-5/h4H,1-3H2,10H3,(H,7,8,9). The summed E-state index contributed by atoms with van der Waals surface area (Å²) < 4.78 is 0. The lowest BCUT2D eigenvalue weighted by Gasteiger charge is -2.00. The fraction of sp³-hybridized carbons (Fsp3) is 0.667. The zero-order valence-electron chi connectivity index (χ0n) is 6.02. The van der Waals surface area contributed by atoms with Gasteiger partial charge in [0.2, 0.25) is 11.8 Å². The molecule has 0 aromatic rings. The molecule has 1 heterocycles. The van der Waals surface area contributed by atoms with Gasteiger partial charge in [-0.1, -0.05) is 0 Å². The van der Waals surface area contributed by atoms with E-state index in [-0.39, 0.29) is 11.8 Å². The average molecular weight is 157 g/mol. The topological polar surface area (TPSA) is 46.2 Å². The van der Waals surface area contributed by atoms with Crippen molar-refractivity contribution in [2.45, 2.75) is 24.8 Å². The largest absolute Gasteiger partial charge is 0.296 e. The summed E-state index contributed by atoms with van der Waals surface area (Å²) in [5.74, 6) is -0.203. The van der Waals surface area contributed by atoms with E-state index in [9.17, 15) is 9.59 Å². The summed E-state index contributed by atoms with van der Waals surface area (Å²) in [5.41, 5.74) is 0.492. The molecule has 10 heavy (non-hydrogen) atoms. The molecule has 1 aliphatic heterocycles. The van der Waals surface area contributed by atoms with E-state index >= 15 is 0 Å². The average Bonchev–Trinajstić information content (AvgIpc) is 1.93. The Morgan fingerprint density at radius 3 is 2.80 bits per heavy atom. The molecular weight excluding hydrogens is 146 g/mol. The maximum atomic E-state index is 10.8. The minimum atomic E-state index is -0.108. The fourth-order valence-electron chi connectivity index (χ4n) is 1.07. The van der Waals surface area contributed by atoms with Crippen molar-refractivity contribution in [3.63, 3.8) is 0 Å². The molecule has 1 saturated heterocycles. The maximum absolute atomic E-state index is 10.8. The van der Waals surface area contributed by atoms with Crippen molar-refractivity contribution in [3.8, 4) is 0 Å². The van der Waals surface area contributed by atoms with Crippen LogP contribution in [0.4, 0.5) is 0 Å². The molecule has 1 atom stereocenters. The molecular formula is C6H11NO2Si. The maximum Gasteiger partial charge on any atom is 0.226 e. The molecule has 0 spiro atoms. The van der Waals surface area contributed by atoms with Crippen molar-refractivity contribution < 1.29 is 9.59 Å². The lowest BCUT2D eigenvalue weighted by molar-refractivity contribution is -0.129. The molecule has 4 heteroatoms. The third-order valence-electron chi connectivity index (χ3n) is 1.68. The number of hydrogen-bond donors (Lipinski definition) is 1. The van der Waals surface area contributed by atoms with Crippen LogP contribution in [0.25, 0.3) is 0 Å². The summed E-state index contributed by atoms with van der Waals surface area (Å²) in [6.07, 6.45) is 1.97. The summed E-state index contributed by atoms with van der Waals surface area (Å²) in [6, 6.07) is 0. The Morgan fingerprint density at radius 2 is 2.10 bits per heavy atom. The zero-order chi connectivity index (χ0) is 7.56. The van der Waals surface area contributed by atoms with Crippen LogP contribution in [-0.4, -0.2) is 22.1 Å². The number of imide groups is 1. The van der Waals surface area contributed by atoms with Crippen LogP contribution in [0, 0.1) is 0 Å². The molecule has 3 nitrogen and oxygen atoms in total. The van der Waals surface area contributed by atoms with E-state index in [1.54, 1.807) is 0 Å². The van der Waals surface area contributed by atoms with Gasteiger partial charge in [-0.15, -0.1) is 0 Å². The Hall–Kier alpha value is -0.643. The quantitative estimate of drug-likeness (QED) is 0.361. The Kier molecular flexibility index (Phi) is 2.21. The van der Waals surface area contributed by atoms with Crippen LogP contribution in [0.3, 0.4) is 0 Å². The molecule has 0 aliphatic carbocycles. The van der Waals surface area contributed by atoms with Crippen molar-refractivity contribution in [2.75, 3.05) is 0 Å². The predicted octanol–water partition coefficient (Wildman–Crippen LogP) is -1.03.